The van der Waals surface area contributed by atoms with Crippen LogP contribution < -0.4 is 16.0 Å². The zero-order valence-electron chi connectivity index (χ0n) is 14.5. The van der Waals surface area contributed by atoms with E-state index in [0.29, 0.717) is 24.6 Å². The summed E-state index contributed by atoms with van der Waals surface area (Å²) < 4.78 is 13.2. The highest BCUT2D eigenvalue weighted by molar-refractivity contribution is 5.94. The molecule has 0 aliphatic heterocycles. The number of halogens is 1. The molecular formula is C19H23FN4O. The van der Waals surface area contributed by atoms with Gasteiger partial charge in [0.1, 0.15) is 5.82 Å². The molecule has 2 aromatic carbocycles. The zero-order chi connectivity index (χ0) is 18.1. The maximum atomic E-state index is 13.2. The van der Waals surface area contributed by atoms with Gasteiger partial charge in [0.15, 0.2) is 5.96 Å². The van der Waals surface area contributed by atoms with Gasteiger partial charge in [-0.2, -0.15) is 0 Å². The smallest absolute Gasteiger partial charge is 0.251 e. The Bertz CT molecular complexity index is 746. The van der Waals surface area contributed by atoms with E-state index >= 15 is 0 Å². The molecule has 0 spiro atoms. The number of carbonyl (C=O) groups is 1. The highest BCUT2D eigenvalue weighted by atomic mass is 19.1. The molecule has 0 saturated heterocycles. The topological polar surface area (TPSA) is 65.5 Å². The quantitative estimate of drug-likeness (QED) is 0.556. The normalized spacial score (nSPS) is 11.1. The monoisotopic (exact) mass is 342 g/mol. The molecule has 0 bridgehead atoms. The van der Waals surface area contributed by atoms with E-state index in [1.165, 1.54) is 12.1 Å². The van der Waals surface area contributed by atoms with Gasteiger partial charge in [0.2, 0.25) is 0 Å². The number of hydrogen-bond acceptors (Lipinski definition) is 2. The third kappa shape index (κ3) is 5.91. The van der Waals surface area contributed by atoms with Crippen LogP contribution in [0.15, 0.2) is 53.5 Å². The number of nitrogens with one attached hydrogen (secondary N) is 3. The first-order chi connectivity index (χ1) is 12.1. The Morgan fingerprint density at radius 2 is 1.84 bits per heavy atom. The average Bonchev–Trinajstić information content (AvgIpc) is 2.64. The van der Waals surface area contributed by atoms with Gasteiger partial charge in [-0.1, -0.05) is 24.3 Å². The third-order valence-electron chi connectivity index (χ3n) is 3.69. The molecule has 0 unspecified atom stereocenters. The Hall–Kier alpha value is -2.89. The summed E-state index contributed by atoms with van der Waals surface area (Å²) in [5.74, 6) is 0.298. The fraction of sp³-hybridized carbons (Fsp3) is 0.263. The highest BCUT2D eigenvalue weighted by Crippen LogP contribution is 2.06. The Morgan fingerprint density at radius 1 is 1.08 bits per heavy atom. The van der Waals surface area contributed by atoms with Crippen LogP contribution in [0.25, 0.3) is 0 Å². The van der Waals surface area contributed by atoms with E-state index in [4.69, 9.17) is 0 Å². The van der Waals surface area contributed by atoms with E-state index in [2.05, 4.69) is 20.9 Å². The van der Waals surface area contributed by atoms with Gasteiger partial charge in [-0.25, -0.2) is 4.39 Å². The molecular weight excluding hydrogens is 319 g/mol. The van der Waals surface area contributed by atoms with Crippen LogP contribution in [0.1, 0.15) is 21.5 Å². The molecule has 1 amide bonds. The molecule has 2 aromatic rings. The molecule has 5 nitrogen and oxygen atoms in total. The van der Waals surface area contributed by atoms with Crippen molar-refractivity contribution in [1.82, 2.24) is 16.0 Å². The Kier molecular flexibility index (Phi) is 6.95. The average molecular weight is 342 g/mol. The number of rotatable bonds is 6. The van der Waals surface area contributed by atoms with Gasteiger partial charge in [0.05, 0.1) is 0 Å². The van der Waals surface area contributed by atoms with E-state index in [9.17, 15) is 9.18 Å². The van der Waals surface area contributed by atoms with Crippen LogP contribution in [-0.4, -0.2) is 32.5 Å². The van der Waals surface area contributed by atoms with Crippen molar-refractivity contribution in [3.05, 3.63) is 71.0 Å². The van der Waals surface area contributed by atoms with E-state index in [1.807, 2.05) is 24.3 Å². The molecule has 0 aromatic heterocycles. The van der Waals surface area contributed by atoms with Gasteiger partial charge in [0, 0.05) is 32.7 Å². The Balaban J connectivity index is 1.82. The Labute approximate surface area is 147 Å². The minimum absolute atomic E-state index is 0.0950. The van der Waals surface area contributed by atoms with Crippen LogP contribution in [0.2, 0.25) is 0 Å². The van der Waals surface area contributed by atoms with E-state index < -0.39 is 0 Å². The van der Waals surface area contributed by atoms with Crippen LogP contribution in [0.4, 0.5) is 4.39 Å². The first-order valence-corrected chi connectivity index (χ1v) is 8.12. The maximum absolute atomic E-state index is 13.2. The van der Waals surface area contributed by atoms with Crippen molar-refractivity contribution in [2.24, 2.45) is 4.99 Å². The molecule has 25 heavy (non-hydrogen) atoms. The number of benzene rings is 2. The minimum Gasteiger partial charge on any atom is -0.356 e. The molecule has 2 rings (SSSR count). The molecule has 6 heteroatoms. The number of aliphatic imine (C=N–C) groups is 1. The summed E-state index contributed by atoms with van der Waals surface area (Å²) in [7, 11) is 3.30. The van der Waals surface area contributed by atoms with Crippen molar-refractivity contribution in [2.75, 3.05) is 20.6 Å². The number of guanidine groups is 1. The lowest BCUT2D eigenvalue weighted by Crippen LogP contribution is -2.37. The molecule has 132 valence electrons. The van der Waals surface area contributed by atoms with Crippen molar-refractivity contribution < 1.29 is 9.18 Å². The fourth-order valence-electron chi connectivity index (χ4n) is 2.39. The second-order valence-electron chi connectivity index (χ2n) is 5.51. The van der Waals surface area contributed by atoms with Crippen molar-refractivity contribution >= 4 is 11.9 Å². The molecule has 0 aliphatic carbocycles. The van der Waals surface area contributed by atoms with Crippen LogP contribution in [0.5, 0.6) is 0 Å². The number of carbonyl (C=O) groups excluding carboxylic acids is 1. The lowest BCUT2D eigenvalue weighted by atomic mass is 10.1. The van der Waals surface area contributed by atoms with Gasteiger partial charge in [-0.15, -0.1) is 0 Å². The molecule has 0 radical (unpaired) electrons. The van der Waals surface area contributed by atoms with Gasteiger partial charge in [0.25, 0.3) is 5.91 Å². The van der Waals surface area contributed by atoms with Crippen molar-refractivity contribution in [3.8, 4) is 0 Å². The maximum Gasteiger partial charge on any atom is 0.251 e. The summed E-state index contributed by atoms with van der Waals surface area (Å²) in [4.78, 5) is 15.8. The summed E-state index contributed by atoms with van der Waals surface area (Å²) in [6, 6.07) is 14.0. The van der Waals surface area contributed by atoms with Gasteiger partial charge in [-0.05, 0) is 41.8 Å². The van der Waals surface area contributed by atoms with Crippen molar-refractivity contribution in [1.29, 1.82) is 0 Å². The van der Waals surface area contributed by atoms with E-state index in [1.54, 1.807) is 26.2 Å². The van der Waals surface area contributed by atoms with Crippen LogP contribution in [-0.2, 0) is 13.0 Å². The SMILES string of the molecule is CN=C(NCCc1cccc(C(=O)NC)c1)NCc1cccc(F)c1. The molecule has 0 saturated carbocycles. The zero-order valence-corrected chi connectivity index (χ0v) is 14.5. The lowest BCUT2D eigenvalue weighted by Gasteiger charge is -2.12. The second-order valence-corrected chi connectivity index (χ2v) is 5.51. The standard InChI is InChI=1S/C19H23FN4O/c1-21-18(25)16-7-3-5-14(11-16)9-10-23-19(22-2)24-13-15-6-4-8-17(20)12-15/h3-8,11-12H,9-10,13H2,1-2H3,(H,21,25)(H2,22,23,24). The van der Waals surface area contributed by atoms with Crippen LogP contribution >= 0.6 is 0 Å². The van der Waals surface area contributed by atoms with E-state index in [0.717, 1.165) is 17.5 Å². The predicted octanol–water partition coefficient (Wildman–Crippen LogP) is 2.09. The molecule has 0 fully saturated rings. The Morgan fingerprint density at radius 3 is 2.56 bits per heavy atom. The lowest BCUT2D eigenvalue weighted by molar-refractivity contribution is 0.0963. The molecule has 3 N–H and O–H groups in total. The van der Waals surface area contributed by atoms with Crippen molar-refractivity contribution in [2.45, 2.75) is 13.0 Å². The van der Waals surface area contributed by atoms with Crippen LogP contribution in [0.3, 0.4) is 0 Å². The summed E-state index contributed by atoms with van der Waals surface area (Å²) in [5, 5.41) is 8.97. The van der Waals surface area contributed by atoms with Gasteiger partial charge in [-0.3, -0.25) is 9.79 Å². The number of nitrogens with zero attached hydrogens (tertiary/aromatic N) is 1. The molecule has 0 atom stereocenters. The number of hydrogen-bond donors (Lipinski definition) is 3. The molecule has 0 heterocycles. The van der Waals surface area contributed by atoms with Gasteiger partial charge < -0.3 is 16.0 Å². The first kappa shape index (κ1) is 18.4. The predicted molar refractivity (Wildman–Crippen MR) is 98.1 cm³/mol. The summed E-state index contributed by atoms with van der Waals surface area (Å²) in [6.45, 7) is 1.16. The number of amides is 1. The third-order valence-corrected chi connectivity index (χ3v) is 3.69. The summed E-state index contributed by atoms with van der Waals surface area (Å²) in [6.07, 6.45) is 0.755. The van der Waals surface area contributed by atoms with Crippen LogP contribution in [0, 0.1) is 5.82 Å². The molecule has 0 aliphatic rings. The highest BCUT2D eigenvalue weighted by Gasteiger charge is 2.04. The largest absolute Gasteiger partial charge is 0.356 e. The van der Waals surface area contributed by atoms with Crippen molar-refractivity contribution in [3.63, 3.8) is 0 Å². The summed E-state index contributed by atoms with van der Waals surface area (Å²) in [5.41, 5.74) is 2.56. The summed E-state index contributed by atoms with van der Waals surface area (Å²) >= 11 is 0. The second kappa shape index (κ2) is 9.42. The minimum atomic E-state index is -0.252. The van der Waals surface area contributed by atoms with E-state index in [-0.39, 0.29) is 11.7 Å². The first-order valence-electron chi connectivity index (χ1n) is 8.12. The van der Waals surface area contributed by atoms with Gasteiger partial charge >= 0.3 is 0 Å². The fourth-order valence-corrected chi connectivity index (χ4v) is 2.39.